The Morgan fingerprint density at radius 2 is 1.60 bits per heavy atom. The predicted molar refractivity (Wildman–Crippen MR) is 166 cm³/mol. The van der Waals surface area contributed by atoms with Crippen molar-refractivity contribution >= 4 is 27.2 Å². The van der Waals surface area contributed by atoms with Crippen LogP contribution in [0.25, 0.3) is 0 Å². The molecule has 1 aliphatic carbocycles. The van der Waals surface area contributed by atoms with Gasteiger partial charge in [-0.15, -0.1) is 0 Å². The van der Waals surface area contributed by atoms with E-state index in [2.05, 4.69) is 20.1 Å². The van der Waals surface area contributed by atoms with Gasteiger partial charge in [-0.25, -0.2) is 0 Å². The Morgan fingerprint density at radius 1 is 0.905 bits per heavy atom. The van der Waals surface area contributed by atoms with Crippen LogP contribution in [0.2, 0.25) is 0 Å². The van der Waals surface area contributed by atoms with Gasteiger partial charge in [0.2, 0.25) is 11.8 Å². The Bertz CT molecular complexity index is 1340. The van der Waals surface area contributed by atoms with Gasteiger partial charge in [-0.05, 0) is 66.1 Å². The van der Waals surface area contributed by atoms with E-state index in [1.165, 1.54) is 26.2 Å². The lowest BCUT2D eigenvalue weighted by Gasteiger charge is -2.25. The monoisotopic (exact) mass is 589 g/mol. The molecule has 1 aliphatic rings. The molecule has 3 aromatic rings. The fraction of sp³-hybridized carbons (Fsp3) is 0.364. The van der Waals surface area contributed by atoms with E-state index in [1.807, 2.05) is 48.5 Å². The Labute approximate surface area is 250 Å². The number of carbonyl (C=O) groups is 3. The SMILES string of the molecule is CC(=O)N[C@@H](Cc1ccc(OP)cc1)C(=O)NC(Cc1ccccc1)c1ccc(OCC2CCCCC2)c(C(N)=O)c1. The van der Waals surface area contributed by atoms with Gasteiger partial charge in [0.15, 0.2) is 0 Å². The predicted octanol–water partition coefficient (Wildman–Crippen LogP) is 5.06. The minimum Gasteiger partial charge on any atom is -0.492 e. The van der Waals surface area contributed by atoms with Crippen molar-refractivity contribution < 1.29 is 23.6 Å². The molecule has 1 fully saturated rings. The molecule has 0 aliphatic heterocycles. The van der Waals surface area contributed by atoms with Crippen LogP contribution >= 0.6 is 9.47 Å². The maximum Gasteiger partial charge on any atom is 0.252 e. The van der Waals surface area contributed by atoms with Gasteiger partial charge in [0, 0.05) is 13.3 Å². The highest BCUT2D eigenvalue weighted by Crippen LogP contribution is 2.29. The molecule has 42 heavy (non-hydrogen) atoms. The summed E-state index contributed by atoms with van der Waals surface area (Å²) in [7, 11) is 2.20. The summed E-state index contributed by atoms with van der Waals surface area (Å²) in [6, 6.07) is 21.1. The molecule has 8 nitrogen and oxygen atoms in total. The molecule has 3 aromatic carbocycles. The first-order chi connectivity index (χ1) is 20.3. The van der Waals surface area contributed by atoms with Crippen LogP contribution in [-0.4, -0.2) is 30.4 Å². The van der Waals surface area contributed by atoms with E-state index < -0.39 is 18.0 Å². The minimum absolute atomic E-state index is 0.283. The number of carbonyl (C=O) groups excluding carboxylic acids is 3. The summed E-state index contributed by atoms with van der Waals surface area (Å²) >= 11 is 0. The fourth-order valence-corrected chi connectivity index (χ4v) is 5.57. The molecular weight excluding hydrogens is 549 g/mol. The first-order valence-electron chi connectivity index (χ1n) is 14.5. The molecule has 222 valence electrons. The molecule has 0 spiro atoms. The van der Waals surface area contributed by atoms with Crippen molar-refractivity contribution in [3.05, 3.63) is 95.1 Å². The molecule has 3 amide bonds. The molecule has 0 radical (unpaired) electrons. The molecule has 0 bridgehead atoms. The Hall–Kier alpha value is -3.90. The van der Waals surface area contributed by atoms with E-state index >= 15 is 0 Å². The molecule has 9 heteroatoms. The van der Waals surface area contributed by atoms with Gasteiger partial charge in [0.1, 0.15) is 17.5 Å². The zero-order valence-corrected chi connectivity index (χ0v) is 25.2. The Morgan fingerprint density at radius 3 is 2.24 bits per heavy atom. The van der Waals surface area contributed by atoms with E-state index in [-0.39, 0.29) is 17.4 Å². The number of hydrogen-bond acceptors (Lipinski definition) is 5. The summed E-state index contributed by atoms with van der Waals surface area (Å²) in [5.74, 6) is 0.360. The van der Waals surface area contributed by atoms with Crippen LogP contribution in [0.15, 0.2) is 72.8 Å². The highest BCUT2D eigenvalue weighted by Gasteiger charge is 2.25. The number of amides is 3. The van der Waals surface area contributed by atoms with Gasteiger partial charge < -0.3 is 25.6 Å². The third kappa shape index (κ3) is 9.05. The van der Waals surface area contributed by atoms with E-state index in [9.17, 15) is 14.4 Å². The maximum absolute atomic E-state index is 13.7. The molecule has 4 rings (SSSR count). The molecule has 0 aromatic heterocycles. The summed E-state index contributed by atoms with van der Waals surface area (Å²) in [6.07, 6.45) is 6.68. The molecule has 1 saturated carbocycles. The van der Waals surface area contributed by atoms with Crippen LogP contribution in [-0.2, 0) is 22.4 Å². The standard InChI is InChI=1S/C33H40N3O5P/c1-22(37)35-30(19-24-12-15-27(41-42)16-13-24)33(39)36-29(18-23-8-4-2-5-9-23)26-14-17-31(28(20-26)32(34)38)40-21-25-10-6-3-7-11-25/h2,4-5,8-9,12-17,20,25,29-30H,3,6-7,10-11,18-19,21,42H2,1H3,(H2,34,38)(H,35,37)(H,36,39)/t29?,30-/m0/s1. The van der Waals surface area contributed by atoms with Crippen molar-refractivity contribution in [2.45, 2.75) is 64.0 Å². The summed E-state index contributed by atoms with van der Waals surface area (Å²) in [5, 5.41) is 5.91. The third-order valence-electron chi connectivity index (χ3n) is 7.66. The lowest BCUT2D eigenvalue weighted by molar-refractivity contribution is -0.128. The zero-order valence-electron chi connectivity index (χ0n) is 24.0. The smallest absolute Gasteiger partial charge is 0.252 e. The van der Waals surface area contributed by atoms with Crippen LogP contribution in [0, 0.1) is 5.92 Å². The van der Waals surface area contributed by atoms with Crippen LogP contribution in [0.1, 0.15) is 72.1 Å². The number of benzene rings is 3. The molecule has 0 heterocycles. The topological polar surface area (TPSA) is 120 Å². The van der Waals surface area contributed by atoms with Crippen LogP contribution in [0.3, 0.4) is 0 Å². The van der Waals surface area contributed by atoms with Crippen LogP contribution < -0.4 is 25.6 Å². The van der Waals surface area contributed by atoms with Crippen molar-refractivity contribution in [3.63, 3.8) is 0 Å². The van der Waals surface area contributed by atoms with Crippen molar-refractivity contribution in [1.29, 1.82) is 0 Å². The second-order valence-electron chi connectivity index (χ2n) is 10.9. The van der Waals surface area contributed by atoms with E-state index in [4.69, 9.17) is 15.0 Å². The summed E-state index contributed by atoms with van der Waals surface area (Å²) < 4.78 is 11.2. The average molecular weight is 590 g/mol. The van der Waals surface area contributed by atoms with Gasteiger partial charge in [-0.3, -0.25) is 14.4 Å². The quantitative estimate of drug-likeness (QED) is 0.241. The third-order valence-corrected chi connectivity index (χ3v) is 7.94. The first-order valence-corrected chi connectivity index (χ1v) is 14.9. The van der Waals surface area contributed by atoms with Gasteiger partial charge in [0.25, 0.3) is 5.91 Å². The number of primary amides is 1. The first kappa shape index (κ1) is 31.0. The van der Waals surface area contributed by atoms with Crippen molar-refractivity contribution in [3.8, 4) is 11.5 Å². The van der Waals surface area contributed by atoms with Crippen molar-refractivity contribution in [2.75, 3.05) is 6.61 Å². The normalized spacial score (nSPS) is 14.8. The van der Waals surface area contributed by atoms with E-state index in [0.29, 0.717) is 36.9 Å². The number of ether oxygens (including phenoxy) is 1. The molecule has 4 N–H and O–H groups in total. The average Bonchev–Trinajstić information content (AvgIpc) is 3.00. The van der Waals surface area contributed by atoms with Gasteiger partial charge in [-0.2, -0.15) is 0 Å². The summed E-state index contributed by atoms with van der Waals surface area (Å²) in [5.41, 5.74) is 8.66. The summed E-state index contributed by atoms with van der Waals surface area (Å²) in [6.45, 7) is 1.94. The molecule has 2 unspecified atom stereocenters. The number of nitrogens with one attached hydrogen (secondary N) is 2. The van der Waals surface area contributed by atoms with Crippen LogP contribution in [0.4, 0.5) is 0 Å². The maximum atomic E-state index is 13.7. The lowest BCUT2D eigenvalue weighted by atomic mass is 9.90. The van der Waals surface area contributed by atoms with Gasteiger partial charge in [-0.1, -0.05) is 67.8 Å². The van der Waals surface area contributed by atoms with Crippen molar-refractivity contribution in [1.82, 2.24) is 10.6 Å². The lowest BCUT2D eigenvalue weighted by Crippen LogP contribution is -2.48. The van der Waals surface area contributed by atoms with E-state index in [1.54, 1.807) is 24.3 Å². The second kappa shape index (κ2) is 15.4. The van der Waals surface area contributed by atoms with Gasteiger partial charge in [0.05, 0.1) is 27.7 Å². The second-order valence-corrected chi connectivity index (χ2v) is 11.1. The fourth-order valence-electron chi connectivity index (χ4n) is 5.41. The summed E-state index contributed by atoms with van der Waals surface area (Å²) in [4.78, 5) is 38.2. The number of rotatable bonds is 13. The largest absolute Gasteiger partial charge is 0.492 e. The molecule has 3 atom stereocenters. The van der Waals surface area contributed by atoms with Crippen molar-refractivity contribution in [2.24, 2.45) is 11.7 Å². The molecule has 0 saturated heterocycles. The van der Waals surface area contributed by atoms with E-state index in [0.717, 1.165) is 29.5 Å². The Balaban J connectivity index is 1.58. The zero-order chi connectivity index (χ0) is 29.9. The molecular formula is C33H40N3O5P. The highest BCUT2D eigenvalue weighted by atomic mass is 31.0. The van der Waals surface area contributed by atoms with Crippen LogP contribution in [0.5, 0.6) is 11.5 Å². The number of hydrogen-bond donors (Lipinski definition) is 3. The van der Waals surface area contributed by atoms with Gasteiger partial charge >= 0.3 is 0 Å². The highest BCUT2D eigenvalue weighted by molar-refractivity contribution is 7.10. The minimum atomic E-state index is -0.808. The Kier molecular flexibility index (Phi) is 11.4. The number of nitrogens with two attached hydrogens (primary N) is 1.